The van der Waals surface area contributed by atoms with Crippen molar-refractivity contribution in [2.75, 3.05) is 0 Å². The molecule has 0 spiro atoms. The summed E-state index contributed by atoms with van der Waals surface area (Å²) < 4.78 is 4.69. The van der Waals surface area contributed by atoms with Crippen LogP contribution in [0.3, 0.4) is 0 Å². The topological polar surface area (TPSA) is 43.4 Å². The molecule has 0 aromatic carbocycles. The Hall–Kier alpha value is -1.12. The van der Waals surface area contributed by atoms with E-state index >= 15 is 0 Å². The summed E-state index contributed by atoms with van der Waals surface area (Å²) in [6, 6.07) is 0. The van der Waals surface area contributed by atoms with Crippen LogP contribution in [0.4, 0.5) is 0 Å². The number of fused-ring (bicyclic) bond motifs is 5. The maximum absolute atomic E-state index is 11.5. The van der Waals surface area contributed by atoms with E-state index in [9.17, 15) is 9.59 Å². The second-order valence-electron chi connectivity index (χ2n) is 4.36. The van der Waals surface area contributed by atoms with Crippen molar-refractivity contribution in [1.29, 1.82) is 0 Å². The zero-order valence-electron chi connectivity index (χ0n) is 7.32. The number of allylic oxidation sites excluding steroid dienone is 2. The predicted molar refractivity (Wildman–Crippen MR) is 43.4 cm³/mol. The third kappa shape index (κ3) is 0.598. The first kappa shape index (κ1) is 7.30. The van der Waals surface area contributed by atoms with Crippen LogP contribution in [0.2, 0.25) is 0 Å². The molecular formula is C10H10O3. The lowest BCUT2D eigenvalue weighted by molar-refractivity contribution is -0.156. The number of cyclic esters (lactones) is 2. The minimum atomic E-state index is -0.545. The zero-order valence-corrected chi connectivity index (χ0v) is 7.32. The summed E-state index contributed by atoms with van der Waals surface area (Å²) in [5.41, 5.74) is -0.545. The van der Waals surface area contributed by atoms with Gasteiger partial charge in [0.1, 0.15) is 0 Å². The molecule has 3 aliphatic rings. The number of hydrogen-bond donors (Lipinski definition) is 0. The van der Waals surface area contributed by atoms with Crippen LogP contribution >= 0.6 is 0 Å². The van der Waals surface area contributed by atoms with Gasteiger partial charge in [-0.1, -0.05) is 12.2 Å². The number of carbonyl (C=O) groups is 2. The van der Waals surface area contributed by atoms with Crippen LogP contribution < -0.4 is 0 Å². The van der Waals surface area contributed by atoms with Crippen LogP contribution in [0, 0.1) is 23.2 Å². The third-order valence-corrected chi connectivity index (χ3v) is 3.85. The lowest BCUT2D eigenvalue weighted by Gasteiger charge is -2.25. The Kier molecular flexibility index (Phi) is 1.05. The largest absolute Gasteiger partial charge is 0.392 e. The molecule has 2 fully saturated rings. The average Bonchev–Trinajstić information content (AvgIpc) is 2.66. The summed E-state index contributed by atoms with van der Waals surface area (Å²) in [6.45, 7) is 1.86. The van der Waals surface area contributed by atoms with E-state index in [2.05, 4.69) is 12.2 Å². The van der Waals surface area contributed by atoms with E-state index in [0.29, 0.717) is 0 Å². The van der Waals surface area contributed by atoms with E-state index in [0.717, 1.165) is 6.42 Å². The minimum absolute atomic E-state index is 0.199. The Bertz CT molecular complexity index is 344. The van der Waals surface area contributed by atoms with Gasteiger partial charge in [-0.2, -0.15) is 0 Å². The maximum Gasteiger partial charge on any atom is 0.320 e. The highest BCUT2D eigenvalue weighted by molar-refractivity contribution is 6.00. The number of rotatable bonds is 0. The molecule has 68 valence electrons. The SMILES string of the molecule is C[C@]12C(=O)OC(=O)[C@H]1[C@@H]1C=C[C@H]2C1. The Morgan fingerprint density at radius 1 is 1.46 bits per heavy atom. The summed E-state index contributed by atoms with van der Waals surface area (Å²) in [4.78, 5) is 22.9. The third-order valence-electron chi connectivity index (χ3n) is 3.85. The quantitative estimate of drug-likeness (QED) is 0.314. The monoisotopic (exact) mass is 178 g/mol. The molecule has 3 heteroatoms. The molecule has 0 N–H and O–H groups in total. The normalized spacial score (nSPS) is 51.3. The van der Waals surface area contributed by atoms with Crippen LogP contribution in [0.15, 0.2) is 12.2 Å². The fraction of sp³-hybridized carbons (Fsp3) is 0.600. The molecule has 0 aromatic heterocycles. The summed E-state index contributed by atoms with van der Waals surface area (Å²) in [7, 11) is 0. The van der Waals surface area contributed by atoms with Gasteiger partial charge in [0, 0.05) is 0 Å². The van der Waals surface area contributed by atoms with Crippen molar-refractivity contribution >= 4 is 11.9 Å². The van der Waals surface area contributed by atoms with E-state index in [1.807, 2.05) is 6.92 Å². The molecule has 2 bridgehead atoms. The Morgan fingerprint density at radius 3 is 2.92 bits per heavy atom. The summed E-state index contributed by atoms with van der Waals surface area (Å²) in [5.74, 6) is -0.367. The van der Waals surface area contributed by atoms with E-state index in [1.165, 1.54) is 0 Å². The van der Waals surface area contributed by atoms with Crippen molar-refractivity contribution in [2.24, 2.45) is 23.2 Å². The lowest BCUT2D eigenvalue weighted by atomic mass is 9.72. The number of esters is 2. The maximum atomic E-state index is 11.5. The highest BCUT2D eigenvalue weighted by Gasteiger charge is 2.66. The molecule has 0 radical (unpaired) electrons. The second kappa shape index (κ2) is 1.86. The van der Waals surface area contributed by atoms with E-state index in [-0.39, 0.29) is 29.7 Å². The van der Waals surface area contributed by atoms with Gasteiger partial charge >= 0.3 is 11.9 Å². The molecule has 1 aliphatic heterocycles. The summed E-state index contributed by atoms with van der Waals surface area (Å²) >= 11 is 0. The van der Waals surface area contributed by atoms with Crippen molar-refractivity contribution < 1.29 is 14.3 Å². The second-order valence-corrected chi connectivity index (χ2v) is 4.36. The van der Waals surface area contributed by atoms with Crippen LogP contribution in [0.5, 0.6) is 0 Å². The van der Waals surface area contributed by atoms with Gasteiger partial charge in [-0.05, 0) is 25.2 Å². The van der Waals surface area contributed by atoms with E-state index < -0.39 is 5.41 Å². The number of carbonyl (C=O) groups excluding carboxylic acids is 2. The van der Waals surface area contributed by atoms with Gasteiger partial charge in [0.05, 0.1) is 11.3 Å². The van der Waals surface area contributed by atoms with Crippen molar-refractivity contribution in [1.82, 2.24) is 0 Å². The fourth-order valence-corrected chi connectivity index (χ4v) is 3.06. The van der Waals surface area contributed by atoms with Crippen LogP contribution in [-0.4, -0.2) is 11.9 Å². The van der Waals surface area contributed by atoms with Crippen LogP contribution in [0.25, 0.3) is 0 Å². The standard InChI is InChI=1S/C10H10O3/c1-10-6-3-2-5(4-6)7(10)8(11)13-9(10)12/h2-3,5-7H,4H2,1H3/t5-,6+,7-,10-/m1/s1. The number of ether oxygens (including phenoxy) is 1. The zero-order chi connectivity index (χ0) is 9.22. The summed E-state index contributed by atoms with van der Waals surface area (Å²) in [5, 5.41) is 0. The number of hydrogen-bond acceptors (Lipinski definition) is 3. The summed E-state index contributed by atoms with van der Waals surface area (Å²) in [6.07, 6.45) is 5.06. The fourth-order valence-electron chi connectivity index (χ4n) is 3.06. The molecule has 0 aromatic rings. The average molecular weight is 178 g/mol. The highest BCUT2D eigenvalue weighted by atomic mass is 16.6. The van der Waals surface area contributed by atoms with Gasteiger partial charge in [0.2, 0.25) is 0 Å². The Labute approximate surface area is 75.8 Å². The van der Waals surface area contributed by atoms with Gasteiger partial charge in [0.15, 0.2) is 0 Å². The molecular weight excluding hydrogens is 168 g/mol. The first-order valence-electron chi connectivity index (χ1n) is 4.58. The molecule has 2 aliphatic carbocycles. The molecule has 1 saturated heterocycles. The van der Waals surface area contributed by atoms with Crippen LogP contribution in [0.1, 0.15) is 13.3 Å². The van der Waals surface area contributed by atoms with Crippen molar-refractivity contribution in [3.63, 3.8) is 0 Å². The first-order chi connectivity index (χ1) is 6.14. The van der Waals surface area contributed by atoms with Gasteiger partial charge in [-0.15, -0.1) is 0 Å². The molecule has 0 unspecified atom stereocenters. The molecule has 4 atom stereocenters. The Morgan fingerprint density at radius 2 is 2.23 bits per heavy atom. The van der Waals surface area contributed by atoms with Crippen molar-refractivity contribution in [2.45, 2.75) is 13.3 Å². The van der Waals surface area contributed by atoms with Gasteiger partial charge in [-0.3, -0.25) is 9.59 Å². The Balaban J connectivity index is 2.17. The molecule has 3 rings (SSSR count). The molecule has 1 saturated carbocycles. The minimum Gasteiger partial charge on any atom is -0.392 e. The van der Waals surface area contributed by atoms with Crippen molar-refractivity contribution in [3.8, 4) is 0 Å². The lowest BCUT2D eigenvalue weighted by Crippen LogP contribution is -2.34. The van der Waals surface area contributed by atoms with Gasteiger partial charge in [-0.25, -0.2) is 0 Å². The predicted octanol–water partition coefficient (Wildman–Crippen LogP) is 0.898. The van der Waals surface area contributed by atoms with E-state index in [1.54, 1.807) is 0 Å². The van der Waals surface area contributed by atoms with Crippen LogP contribution in [-0.2, 0) is 14.3 Å². The molecule has 3 nitrogen and oxygen atoms in total. The molecule has 0 amide bonds. The first-order valence-corrected chi connectivity index (χ1v) is 4.58. The molecule has 13 heavy (non-hydrogen) atoms. The van der Waals surface area contributed by atoms with Gasteiger partial charge in [0.25, 0.3) is 0 Å². The van der Waals surface area contributed by atoms with Gasteiger partial charge < -0.3 is 4.74 Å². The highest BCUT2D eigenvalue weighted by Crippen LogP contribution is 2.59. The smallest absolute Gasteiger partial charge is 0.320 e. The molecule has 1 heterocycles. The van der Waals surface area contributed by atoms with E-state index in [4.69, 9.17) is 4.74 Å². The van der Waals surface area contributed by atoms with Crippen molar-refractivity contribution in [3.05, 3.63) is 12.2 Å².